The SMILES string of the molecule is CCCCC(=O)N1CC2(C1)OCCC2COc1ncccc1F. The fourth-order valence-electron chi connectivity index (χ4n) is 3.29. The summed E-state index contributed by atoms with van der Waals surface area (Å²) in [5.74, 6) is -0.0576. The molecule has 2 fully saturated rings. The Kier molecular flexibility index (Phi) is 4.80. The molecule has 5 nitrogen and oxygen atoms in total. The van der Waals surface area contributed by atoms with E-state index in [1.807, 2.05) is 4.90 Å². The zero-order valence-electron chi connectivity index (χ0n) is 13.5. The van der Waals surface area contributed by atoms with E-state index >= 15 is 0 Å². The second-order valence-electron chi connectivity index (χ2n) is 6.35. The average Bonchev–Trinajstić information content (AvgIpc) is 2.94. The van der Waals surface area contributed by atoms with Gasteiger partial charge in [0, 0.05) is 25.1 Å². The van der Waals surface area contributed by atoms with Crippen LogP contribution in [0.2, 0.25) is 0 Å². The summed E-state index contributed by atoms with van der Waals surface area (Å²) in [5.41, 5.74) is -0.312. The van der Waals surface area contributed by atoms with Crippen LogP contribution in [0.5, 0.6) is 5.88 Å². The Morgan fingerprint density at radius 2 is 2.39 bits per heavy atom. The second kappa shape index (κ2) is 6.83. The van der Waals surface area contributed by atoms with Crippen molar-refractivity contribution in [3.05, 3.63) is 24.1 Å². The maximum absolute atomic E-state index is 13.6. The first-order valence-electron chi connectivity index (χ1n) is 8.29. The summed E-state index contributed by atoms with van der Waals surface area (Å²) in [7, 11) is 0. The van der Waals surface area contributed by atoms with Crippen molar-refractivity contribution in [1.29, 1.82) is 0 Å². The molecule has 2 aliphatic rings. The van der Waals surface area contributed by atoms with Crippen LogP contribution in [0.25, 0.3) is 0 Å². The van der Waals surface area contributed by atoms with Gasteiger partial charge in [-0.3, -0.25) is 4.79 Å². The van der Waals surface area contributed by atoms with Crippen molar-refractivity contribution in [2.45, 2.75) is 38.2 Å². The van der Waals surface area contributed by atoms with Gasteiger partial charge in [0.1, 0.15) is 5.60 Å². The van der Waals surface area contributed by atoms with E-state index < -0.39 is 5.82 Å². The number of hydrogen-bond acceptors (Lipinski definition) is 4. The van der Waals surface area contributed by atoms with Crippen molar-refractivity contribution < 1.29 is 18.7 Å². The van der Waals surface area contributed by atoms with Gasteiger partial charge in [-0.05, 0) is 25.0 Å². The summed E-state index contributed by atoms with van der Waals surface area (Å²) < 4.78 is 25.0. The van der Waals surface area contributed by atoms with Gasteiger partial charge in [-0.25, -0.2) is 9.37 Å². The van der Waals surface area contributed by atoms with Crippen molar-refractivity contribution in [2.24, 2.45) is 5.92 Å². The molecule has 1 aromatic heterocycles. The number of pyridine rings is 1. The van der Waals surface area contributed by atoms with Crippen LogP contribution in [0.15, 0.2) is 18.3 Å². The Labute approximate surface area is 135 Å². The number of nitrogens with zero attached hydrogens (tertiary/aromatic N) is 2. The minimum absolute atomic E-state index is 0.0322. The predicted octanol–water partition coefficient (Wildman–Crippen LogP) is 2.41. The van der Waals surface area contributed by atoms with E-state index in [1.54, 1.807) is 0 Å². The minimum atomic E-state index is -0.453. The van der Waals surface area contributed by atoms with Crippen molar-refractivity contribution in [3.8, 4) is 5.88 Å². The number of carbonyl (C=O) groups is 1. The highest BCUT2D eigenvalue weighted by atomic mass is 19.1. The van der Waals surface area contributed by atoms with E-state index in [0.717, 1.165) is 19.3 Å². The van der Waals surface area contributed by atoms with E-state index in [0.29, 0.717) is 32.7 Å². The highest BCUT2D eigenvalue weighted by Crippen LogP contribution is 2.40. The van der Waals surface area contributed by atoms with Gasteiger partial charge >= 0.3 is 0 Å². The molecule has 3 heterocycles. The molecule has 1 aromatic rings. The van der Waals surface area contributed by atoms with E-state index in [2.05, 4.69) is 11.9 Å². The lowest BCUT2D eigenvalue weighted by molar-refractivity contribution is -0.167. The van der Waals surface area contributed by atoms with Crippen LogP contribution in [0.3, 0.4) is 0 Å². The average molecular weight is 322 g/mol. The molecule has 0 aliphatic carbocycles. The lowest BCUT2D eigenvalue weighted by atomic mass is 9.81. The second-order valence-corrected chi connectivity index (χ2v) is 6.35. The van der Waals surface area contributed by atoms with Gasteiger partial charge in [0.15, 0.2) is 5.82 Å². The topological polar surface area (TPSA) is 51.7 Å². The quantitative estimate of drug-likeness (QED) is 0.807. The Bertz CT molecular complexity index is 561. The van der Waals surface area contributed by atoms with Gasteiger partial charge < -0.3 is 14.4 Å². The highest BCUT2D eigenvalue weighted by Gasteiger charge is 2.54. The van der Waals surface area contributed by atoms with E-state index in [9.17, 15) is 9.18 Å². The van der Waals surface area contributed by atoms with Crippen LogP contribution in [-0.4, -0.2) is 47.7 Å². The maximum atomic E-state index is 13.6. The summed E-state index contributed by atoms with van der Waals surface area (Å²) >= 11 is 0. The van der Waals surface area contributed by atoms with Gasteiger partial charge in [0.05, 0.1) is 19.7 Å². The Morgan fingerprint density at radius 1 is 1.57 bits per heavy atom. The van der Waals surface area contributed by atoms with E-state index in [-0.39, 0.29) is 23.3 Å². The van der Waals surface area contributed by atoms with Gasteiger partial charge in [-0.1, -0.05) is 13.3 Å². The van der Waals surface area contributed by atoms with Crippen LogP contribution in [-0.2, 0) is 9.53 Å². The smallest absolute Gasteiger partial charge is 0.250 e. The van der Waals surface area contributed by atoms with Gasteiger partial charge in [-0.2, -0.15) is 0 Å². The summed E-state index contributed by atoms with van der Waals surface area (Å²) in [6.45, 7) is 4.35. The third-order valence-corrected chi connectivity index (χ3v) is 4.76. The largest absolute Gasteiger partial charge is 0.475 e. The molecular weight excluding hydrogens is 299 g/mol. The maximum Gasteiger partial charge on any atom is 0.250 e. The molecule has 0 bridgehead atoms. The molecule has 6 heteroatoms. The van der Waals surface area contributed by atoms with Crippen molar-refractivity contribution in [1.82, 2.24) is 9.88 Å². The number of hydrogen-bond donors (Lipinski definition) is 0. The van der Waals surface area contributed by atoms with Crippen molar-refractivity contribution in [3.63, 3.8) is 0 Å². The summed E-state index contributed by atoms with van der Waals surface area (Å²) in [4.78, 5) is 17.8. The molecule has 0 N–H and O–H groups in total. The molecule has 1 unspecified atom stereocenters. The van der Waals surface area contributed by atoms with Crippen LogP contribution in [0.4, 0.5) is 4.39 Å². The minimum Gasteiger partial charge on any atom is -0.475 e. The number of amides is 1. The Morgan fingerprint density at radius 3 is 3.13 bits per heavy atom. The van der Waals surface area contributed by atoms with Crippen LogP contribution >= 0.6 is 0 Å². The van der Waals surface area contributed by atoms with Crippen molar-refractivity contribution >= 4 is 5.91 Å². The molecule has 0 radical (unpaired) electrons. The zero-order chi connectivity index (χ0) is 16.3. The van der Waals surface area contributed by atoms with E-state index in [4.69, 9.17) is 9.47 Å². The summed E-state index contributed by atoms with van der Waals surface area (Å²) in [6, 6.07) is 2.87. The molecule has 23 heavy (non-hydrogen) atoms. The number of carbonyl (C=O) groups excluding carboxylic acids is 1. The molecule has 0 saturated carbocycles. The predicted molar refractivity (Wildman–Crippen MR) is 82.6 cm³/mol. The molecule has 2 aliphatic heterocycles. The third-order valence-electron chi connectivity index (χ3n) is 4.76. The number of aromatic nitrogens is 1. The van der Waals surface area contributed by atoms with Gasteiger partial charge in [0.2, 0.25) is 11.8 Å². The number of halogens is 1. The summed E-state index contributed by atoms with van der Waals surface area (Å²) in [5, 5.41) is 0. The number of rotatable bonds is 6. The summed E-state index contributed by atoms with van der Waals surface area (Å²) in [6.07, 6.45) is 4.93. The Hall–Kier alpha value is -1.69. The van der Waals surface area contributed by atoms with Gasteiger partial charge in [0.25, 0.3) is 0 Å². The van der Waals surface area contributed by atoms with Crippen LogP contribution < -0.4 is 4.74 Å². The zero-order valence-corrected chi connectivity index (χ0v) is 13.5. The first kappa shape index (κ1) is 16.2. The fourth-order valence-corrected chi connectivity index (χ4v) is 3.29. The molecule has 0 aromatic carbocycles. The van der Waals surface area contributed by atoms with Gasteiger partial charge in [-0.15, -0.1) is 0 Å². The first-order chi connectivity index (χ1) is 11.1. The molecule has 1 amide bonds. The lowest BCUT2D eigenvalue weighted by Crippen LogP contribution is -2.66. The molecule has 126 valence electrons. The molecule has 1 atom stereocenters. The molecular formula is C17H23FN2O3. The van der Waals surface area contributed by atoms with Crippen LogP contribution in [0, 0.1) is 11.7 Å². The van der Waals surface area contributed by atoms with Crippen LogP contribution in [0.1, 0.15) is 32.6 Å². The number of likely N-dealkylation sites (tertiary alicyclic amines) is 1. The third kappa shape index (κ3) is 3.32. The Balaban J connectivity index is 1.53. The van der Waals surface area contributed by atoms with E-state index in [1.165, 1.54) is 18.3 Å². The first-order valence-corrected chi connectivity index (χ1v) is 8.29. The standard InChI is InChI=1S/C17H23FN2O3/c1-2-3-6-15(21)20-11-17(12-20)13(7-9-23-17)10-22-16-14(18)5-4-8-19-16/h4-5,8,13H,2-3,6-7,9-12H2,1H3. The highest BCUT2D eigenvalue weighted by molar-refractivity contribution is 5.77. The normalized spacial score (nSPS) is 22.2. The number of ether oxygens (including phenoxy) is 2. The fraction of sp³-hybridized carbons (Fsp3) is 0.647. The molecule has 3 rings (SSSR count). The van der Waals surface area contributed by atoms with Crippen molar-refractivity contribution in [2.75, 3.05) is 26.3 Å². The number of unbranched alkanes of at least 4 members (excludes halogenated alkanes) is 1. The molecule has 2 saturated heterocycles. The monoisotopic (exact) mass is 322 g/mol. The molecule has 1 spiro atoms. The lowest BCUT2D eigenvalue weighted by Gasteiger charge is -2.50.